The van der Waals surface area contributed by atoms with Gasteiger partial charge in [0.1, 0.15) is 0 Å². The first-order chi connectivity index (χ1) is 13.8. The summed E-state index contributed by atoms with van der Waals surface area (Å²) in [5, 5.41) is 3.18. The number of amides is 1. The number of nitrogens with one attached hydrogen (secondary N) is 1. The minimum Gasteiger partial charge on any atom is -0.372 e. The number of aromatic nitrogens is 3. The average Bonchev–Trinajstić information content (AvgIpc) is 2.66. The van der Waals surface area contributed by atoms with E-state index in [1.165, 1.54) is 0 Å². The Morgan fingerprint density at radius 2 is 1.90 bits per heavy atom. The van der Waals surface area contributed by atoms with Crippen LogP contribution in [0.3, 0.4) is 0 Å². The molecule has 1 amide bonds. The summed E-state index contributed by atoms with van der Waals surface area (Å²) in [6.07, 6.45) is 7.19. The number of hydrogen-bond donors (Lipinski definition) is 1. The van der Waals surface area contributed by atoms with E-state index in [1.807, 2.05) is 6.20 Å². The van der Waals surface area contributed by atoms with Crippen molar-refractivity contribution >= 4 is 11.9 Å². The molecule has 7 nitrogen and oxygen atoms in total. The monoisotopic (exact) mass is 395 g/mol. The van der Waals surface area contributed by atoms with Crippen molar-refractivity contribution in [3.63, 3.8) is 0 Å². The first kappa shape index (κ1) is 19.8. The summed E-state index contributed by atoms with van der Waals surface area (Å²) in [4.78, 5) is 28.5. The summed E-state index contributed by atoms with van der Waals surface area (Å²) < 4.78 is 5.84. The Balaban J connectivity index is 1.60. The average molecular weight is 396 g/mol. The van der Waals surface area contributed by atoms with Crippen molar-refractivity contribution in [1.82, 2.24) is 20.3 Å². The predicted octanol–water partition coefficient (Wildman–Crippen LogP) is 2.93. The summed E-state index contributed by atoms with van der Waals surface area (Å²) in [7, 11) is 0. The van der Waals surface area contributed by atoms with E-state index >= 15 is 0 Å². The maximum absolute atomic E-state index is 12.7. The summed E-state index contributed by atoms with van der Waals surface area (Å²) in [6, 6.07) is 3.35. The van der Waals surface area contributed by atoms with Crippen LogP contribution < -0.4 is 10.2 Å². The van der Waals surface area contributed by atoms with Gasteiger partial charge in [-0.1, -0.05) is 13.8 Å². The molecule has 2 aromatic heterocycles. The first-order valence-electron chi connectivity index (χ1n) is 10.3. The second-order valence-corrected chi connectivity index (χ2v) is 9.04. The zero-order valence-electron chi connectivity index (χ0n) is 17.6. The lowest BCUT2D eigenvalue weighted by atomic mass is 9.74. The van der Waals surface area contributed by atoms with E-state index in [2.05, 4.69) is 47.9 Å². The van der Waals surface area contributed by atoms with Crippen molar-refractivity contribution in [2.45, 2.75) is 58.8 Å². The van der Waals surface area contributed by atoms with Crippen LogP contribution in [0.5, 0.6) is 0 Å². The minimum absolute atomic E-state index is 0.0421. The highest BCUT2D eigenvalue weighted by Crippen LogP contribution is 2.40. The second kappa shape index (κ2) is 7.71. The van der Waals surface area contributed by atoms with E-state index in [9.17, 15) is 4.79 Å². The lowest BCUT2D eigenvalue weighted by molar-refractivity contribution is -0.00575. The van der Waals surface area contributed by atoms with Crippen LogP contribution in [0.4, 0.5) is 5.95 Å². The van der Waals surface area contributed by atoms with Gasteiger partial charge in [-0.3, -0.25) is 9.78 Å². The zero-order valence-corrected chi connectivity index (χ0v) is 17.6. The molecule has 1 aliphatic heterocycles. The number of nitrogens with zero attached hydrogens (tertiary/aromatic N) is 4. The molecule has 2 aliphatic rings. The molecule has 0 bridgehead atoms. The van der Waals surface area contributed by atoms with E-state index in [-0.39, 0.29) is 29.6 Å². The standard InChI is InChI=1S/C22H29N5O2/c1-14-12-27(13-15(2)29-14)21-24-11-17-18(9-22(3,4)10-19(17)26-21)25-20(28)16-5-7-23-8-6-16/h5-8,11,14-15,18H,9-10,12-13H2,1-4H3,(H,25,28)/t14-,15+,18-/m0/s1. The molecule has 1 fully saturated rings. The van der Waals surface area contributed by atoms with Crippen LogP contribution in [-0.2, 0) is 11.2 Å². The van der Waals surface area contributed by atoms with Crippen LogP contribution in [-0.4, -0.2) is 46.2 Å². The number of hydrogen-bond acceptors (Lipinski definition) is 6. The molecule has 4 rings (SSSR count). The van der Waals surface area contributed by atoms with Crippen molar-refractivity contribution in [2.75, 3.05) is 18.0 Å². The highest BCUT2D eigenvalue weighted by Gasteiger charge is 2.35. The van der Waals surface area contributed by atoms with E-state index < -0.39 is 0 Å². The lowest BCUT2D eigenvalue weighted by Crippen LogP contribution is -2.46. The Bertz CT molecular complexity index is 876. The molecule has 7 heteroatoms. The van der Waals surface area contributed by atoms with Crippen molar-refractivity contribution < 1.29 is 9.53 Å². The Kier molecular flexibility index (Phi) is 5.25. The fourth-order valence-corrected chi connectivity index (χ4v) is 4.40. The summed E-state index contributed by atoms with van der Waals surface area (Å²) >= 11 is 0. The van der Waals surface area contributed by atoms with E-state index in [4.69, 9.17) is 9.72 Å². The Morgan fingerprint density at radius 1 is 1.21 bits per heavy atom. The summed E-state index contributed by atoms with van der Waals surface area (Å²) in [5.41, 5.74) is 2.70. The topological polar surface area (TPSA) is 80.2 Å². The Hall–Kier alpha value is -2.54. The first-order valence-corrected chi connectivity index (χ1v) is 10.3. The van der Waals surface area contributed by atoms with E-state index in [0.717, 1.165) is 43.1 Å². The Morgan fingerprint density at radius 3 is 2.59 bits per heavy atom. The smallest absolute Gasteiger partial charge is 0.251 e. The zero-order chi connectivity index (χ0) is 20.6. The number of anilines is 1. The van der Waals surface area contributed by atoms with Gasteiger partial charge in [0.2, 0.25) is 5.95 Å². The molecule has 2 aromatic rings. The Labute approximate surface area is 171 Å². The van der Waals surface area contributed by atoms with Gasteiger partial charge in [-0.05, 0) is 44.2 Å². The number of rotatable bonds is 3. The lowest BCUT2D eigenvalue weighted by Gasteiger charge is -2.38. The highest BCUT2D eigenvalue weighted by atomic mass is 16.5. The quantitative estimate of drug-likeness (QED) is 0.861. The van der Waals surface area contributed by atoms with Crippen LogP contribution in [0.25, 0.3) is 0 Å². The normalized spacial score (nSPS) is 25.9. The third kappa shape index (κ3) is 4.40. The third-order valence-electron chi connectivity index (χ3n) is 5.62. The molecule has 0 aromatic carbocycles. The number of ether oxygens (including phenoxy) is 1. The van der Waals surface area contributed by atoms with Crippen LogP contribution >= 0.6 is 0 Å². The summed E-state index contributed by atoms with van der Waals surface area (Å²) in [5.74, 6) is 0.656. The molecule has 0 radical (unpaired) electrons. The SMILES string of the molecule is C[C@@H]1CN(c2ncc3c(n2)CC(C)(C)C[C@@H]3NC(=O)c2ccncc2)C[C@H](C)O1. The van der Waals surface area contributed by atoms with E-state index in [0.29, 0.717) is 5.56 Å². The van der Waals surface area contributed by atoms with E-state index in [1.54, 1.807) is 24.5 Å². The molecular formula is C22H29N5O2. The maximum Gasteiger partial charge on any atom is 0.251 e. The van der Waals surface area contributed by atoms with Crippen LogP contribution in [0, 0.1) is 5.41 Å². The minimum atomic E-state index is -0.106. The largest absolute Gasteiger partial charge is 0.372 e. The predicted molar refractivity (Wildman–Crippen MR) is 111 cm³/mol. The molecule has 1 N–H and O–H groups in total. The molecular weight excluding hydrogens is 366 g/mol. The highest BCUT2D eigenvalue weighted by molar-refractivity contribution is 5.94. The molecule has 3 atom stereocenters. The molecule has 3 heterocycles. The molecule has 29 heavy (non-hydrogen) atoms. The van der Waals surface area contributed by atoms with Gasteiger partial charge in [0.05, 0.1) is 23.9 Å². The van der Waals surface area contributed by atoms with Gasteiger partial charge in [-0.15, -0.1) is 0 Å². The molecule has 0 spiro atoms. The molecule has 0 unspecified atom stereocenters. The molecule has 1 aliphatic carbocycles. The van der Waals surface area contributed by atoms with Gasteiger partial charge in [0.25, 0.3) is 5.91 Å². The van der Waals surface area contributed by atoms with Crippen LogP contribution in [0.2, 0.25) is 0 Å². The maximum atomic E-state index is 12.7. The fraction of sp³-hybridized carbons (Fsp3) is 0.545. The van der Waals surface area contributed by atoms with Crippen molar-refractivity contribution in [3.05, 3.63) is 47.5 Å². The number of morpholine rings is 1. The van der Waals surface area contributed by atoms with Crippen LogP contribution in [0.15, 0.2) is 30.7 Å². The number of carbonyl (C=O) groups is 1. The third-order valence-corrected chi connectivity index (χ3v) is 5.62. The van der Waals surface area contributed by atoms with Gasteiger partial charge >= 0.3 is 0 Å². The number of fused-ring (bicyclic) bond motifs is 1. The molecule has 154 valence electrons. The number of carbonyl (C=O) groups excluding carboxylic acids is 1. The van der Waals surface area contributed by atoms with Gasteiger partial charge in [0, 0.05) is 42.8 Å². The number of pyridine rings is 1. The van der Waals surface area contributed by atoms with Gasteiger partial charge in [-0.25, -0.2) is 9.97 Å². The summed E-state index contributed by atoms with van der Waals surface area (Å²) in [6.45, 7) is 10.2. The fourth-order valence-electron chi connectivity index (χ4n) is 4.40. The van der Waals surface area contributed by atoms with Crippen LogP contribution in [0.1, 0.15) is 61.8 Å². The molecule has 0 saturated carbocycles. The van der Waals surface area contributed by atoms with Crippen molar-refractivity contribution in [1.29, 1.82) is 0 Å². The van der Waals surface area contributed by atoms with Gasteiger partial charge in [0.15, 0.2) is 0 Å². The second-order valence-electron chi connectivity index (χ2n) is 9.04. The van der Waals surface area contributed by atoms with Crippen molar-refractivity contribution in [2.24, 2.45) is 5.41 Å². The van der Waals surface area contributed by atoms with Gasteiger partial charge in [-0.2, -0.15) is 0 Å². The van der Waals surface area contributed by atoms with Gasteiger partial charge < -0.3 is 15.0 Å². The molecule has 1 saturated heterocycles. The van der Waals surface area contributed by atoms with Crippen molar-refractivity contribution in [3.8, 4) is 0 Å².